The summed E-state index contributed by atoms with van der Waals surface area (Å²) in [6.07, 6.45) is 0.334. The predicted molar refractivity (Wildman–Crippen MR) is 150 cm³/mol. The van der Waals surface area contributed by atoms with Crippen molar-refractivity contribution in [2.75, 3.05) is 0 Å². The Morgan fingerprint density at radius 3 is 2.20 bits per heavy atom. The van der Waals surface area contributed by atoms with E-state index >= 15 is 0 Å². The Balaban J connectivity index is 1.37. The Kier molecular flexibility index (Phi) is 6.68. The van der Waals surface area contributed by atoms with Crippen molar-refractivity contribution in [3.05, 3.63) is 137 Å². The summed E-state index contributed by atoms with van der Waals surface area (Å²) in [5.41, 5.74) is 3.81. The van der Waals surface area contributed by atoms with Crippen LogP contribution in [-0.2, 0) is 13.0 Å². The fraction of sp³-hybridized carbons (Fsp3) is 0.0625. The van der Waals surface area contributed by atoms with Crippen molar-refractivity contribution < 1.29 is 23.5 Å². The van der Waals surface area contributed by atoms with Crippen LogP contribution in [0.4, 0.5) is 8.78 Å². The first-order valence-electron chi connectivity index (χ1n) is 12.8. The first kappa shape index (κ1) is 25.8. The van der Waals surface area contributed by atoms with Crippen molar-refractivity contribution in [2.24, 2.45) is 0 Å². The molecule has 0 saturated heterocycles. The standard InChI is InChI=1S/C32H22F2N4O3/c33-26-10-7-22(8-11-26)25-16-28(31(39)35-18-19-1-5-23(6-2-19)32(40)41)38-29(36-37-30(38)17-25)14-20-3-4-21-9-12-27(34)15-24(21)13-20/h1-13,15-17H,14,18H2,(H,35,39)(H,40,41). The van der Waals surface area contributed by atoms with Crippen LogP contribution in [0.2, 0.25) is 0 Å². The van der Waals surface area contributed by atoms with E-state index in [1.165, 1.54) is 36.4 Å². The van der Waals surface area contributed by atoms with Crippen molar-refractivity contribution in [3.63, 3.8) is 0 Å². The maximum atomic E-state index is 13.8. The third kappa shape index (κ3) is 5.38. The molecule has 41 heavy (non-hydrogen) atoms. The number of pyridine rings is 1. The average molecular weight is 549 g/mol. The molecular weight excluding hydrogens is 526 g/mol. The van der Waals surface area contributed by atoms with Gasteiger partial charge < -0.3 is 10.4 Å². The molecule has 2 N–H and O–H groups in total. The normalized spacial score (nSPS) is 11.2. The minimum atomic E-state index is -1.03. The van der Waals surface area contributed by atoms with Crippen LogP contribution >= 0.6 is 0 Å². The van der Waals surface area contributed by atoms with Gasteiger partial charge >= 0.3 is 5.97 Å². The summed E-state index contributed by atoms with van der Waals surface area (Å²) in [5.74, 6) is -1.62. The maximum Gasteiger partial charge on any atom is 0.335 e. The second-order valence-electron chi connectivity index (χ2n) is 9.63. The number of nitrogens with one attached hydrogen (secondary N) is 1. The van der Waals surface area contributed by atoms with Gasteiger partial charge in [0.05, 0.1) is 5.56 Å². The van der Waals surface area contributed by atoms with E-state index in [1.807, 2.05) is 18.2 Å². The molecule has 2 heterocycles. The van der Waals surface area contributed by atoms with E-state index in [-0.39, 0.29) is 29.4 Å². The number of nitrogens with zero attached hydrogens (tertiary/aromatic N) is 3. The van der Waals surface area contributed by atoms with Crippen LogP contribution in [0, 0.1) is 11.6 Å². The molecule has 0 saturated carbocycles. The predicted octanol–water partition coefficient (Wildman–Crippen LogP) is 6.05. The molecular formula is C32H22F2N4O3. The largest absolute Gasteiger partial charge is 0.478 e. The summed E-state index contributed by atoms with van der Waals surface area (Å²) in [6, 6.07) is 26.0. The van der Waals surface area contributed by atoms with Gasteiger partial charge in [0.25, 0.3) is 5.91 Å². The van der Waals surface area contributed by atoms with Crippen molar-refractivity contribution in [1.82, 2.24) is 19.9 Å². The molecule has 2 aromatic heterocycles. The second kappa shape index (κ2) is 10.6. The van der Waals surface area contributed by atoms with E-state index in [4.69, 9.17) is 5.11 Å². The van der Waals surface area contributed by atoms with Crippen LogP contribution in [-0.4, -0.2) is 31.6 Å². The number of hydrogen-bond donors (Lipinski definition) is 2. The molecule has 0 aliphatic rings. The molecule has 7 nitrogen and oxygen atoms in total. The number of carbonyl (C=O) groups excluding carboxylic acids is 1. The minimum absolute atomic E-state index is 0.152. The van der Waals surface area contributed by atoms with Crippen LogP contribution < -0.4 is 5.32 Å². The molecule has 0 atom stereocenters. The lowest BCUT2D eigenvalue weighted by Gasteiger charge is -2.12. The number of halogens is 2. The Bertz CT molecular complexity index is 1930. The van der Waals surface area contributed by atoms with E-state index in [1.54, 1.807) is 46.9 Å². The highest BCUT2D eigenvalue weighted by Gasteiger charge is 2.18. The Labute approximate surface area is 232 Å². The van der Waals surface area contributed by atoms with E-state index in [0.29, 0.717) is 29.0 Å². The van der Waals surface area contributed by atoms with Crippen molar-refractivity contribution in [2.45, 2.75) is 13.0 Å². The van der Waals surface area contributed by atoms with Gasteiger partial charge in [-0.2, -0.15) is 0 Å². The molecule has 6 rings (SSSR count). The van der Waals surface area contributed by atoms with Gasteiger partial charge in [0, 0.05) is 13.0 Å². The van der Waals surface area contributed by atoms with E-state index in [0.717, 1.165) is 21.9 Å². The molecule has 0 spiro atoms. The fourth-order valence-corrected chi connectivity index (χ4v) is 4.77. The van der Waals surface area contributed by atoms with Crippen LogP contribution in [0.15, 0.2) is 97.1 Å². The van der Waals surface area contributed by atoms with Crippen LogP contribution in [0.1, 0.15) is 37.8 Å². The Morgan fingerprint density at radius 1 is 0.732 bits per heavy atom. The van der Waals surface area contributed by atoms with Gasteiger partial charge in [-0.3, -0.25) is 9.20 Å². The lowest BCUT2D eigenvalue weighted by Crippen LogP contribution is -2.25. The minimum Gasteiger partial charge on any atom is -0.478 e. The average Bonchev–Trinajstić information content (AvgIpc) is 3.38. The van der Waals surface area contributed by atoms with Gasteiger partial charge in [0.2, 0.25) is 0 Å². The Morgan fingerprint density at radius 2 is 1.44 bits per heavy atom. The van der Waals surface area contributed by atoms with E-state index in [2.05, 4.69) is 15.5 Å². The van der Waals surface area contributed by atoms with Gasteiger partial charge in [-0.25, -0.2) is 13.6 Å². The van der Waals surface area contributed by atoms with Crippen LogP contribution in [0.25, 0.3) is 27.5 Å². The van der Waals surface area contributed by atoms with E-state index in [9.17, 15) is 18.4 Å². The number of hydrogen-bond acceptors (Lipinski definition) is 4. The first-order valence-corrected chi connectivity index (χ1v) is 12.8. The Hall–Kier alpha value is -5.44. The first-order chi connectivity index (χ1) is 19.8. The molecule has 0 unspecified atom stereocenters. The third-order valence-corrected chi connectivity index (χ3v) is 6.87. The summed E-state index contributed by atoms with van der Waals surface area (Å²) in [6.45, 7) is 0.161. The molecule has 4 aromatic carbocycles. The number of aromatic nitrogens is 3. The monoisotopic (exact) mass is 548 g/mol. The highest BCUT2D eigenvalue weighted by atomic mass is 19.1. The zero-order chi connectivity index (χ0) is 28.5. The van der Waals surface area contributed by atoms with Crippen LogP contribution in [0.3, 0.4) is 0 Å². The lowest BCUT2D eigenvalue weighted by molar-refractivity contribution is 0.0696. The van der Waals surface area contributed by atoms with Crippen molar-refractivity contribution in [1.29, 1.82) is 0 Å². The van der Waals surface area contributed by atoms with Crippen molar-refractivity contribution in [3.8, 4) is 11.1 Å². The SMILES string of the molecule is O=C(O)c1ccc(CNC(=O)c2cc(-c3ccc(F)cc3)cc3nnc(Cc4ccc5ccc(F)cc5c4)n23)cc1. The van der Waals surface area contributed by atoms with Gasteiger partial charge in [-0.05, 0) is 81.6 Å². The quantitative estimate of drug-likeness (QED) is 0.253. The summed E-state index contributed by atoms with van der Waals surface area (Å²) in [7, 11) is 0. The zero-order valence-electron chi connectivity index (χ0n) is 21.5. The summed E-state index contributed by atoms with van der Waals surface area (Å²) in [5, 5.41) is 22.4. The molecule has 0 fully saturated rings. The summed E-state index contributed by atoms with van der Waals surface area (Å²) in [4.78, 5) is 24.7. The fourth-order valence-electron chi connectivity index (χ4n) is 4.77. The molecule has 1 amide bonds. The smallest absolute Gasteiger partial charge is 0.335 e. The molecule has 0 bridgehead atoms. The molecule has 9 heteroatoms. The van der Waals surface area contributed by atoms with Gasteiger partial charge in [-0.15, -0.1) is 10.2 Å². The topological polar surface area (TPSA) is 96.6 Å². The third-order valence-electron chi connectivity index (χ3n) is 6.87. The number of rotatable bonds is 7. The maximum absolute atomic E-state index is 13.8. The van der Waals surface area contributed by atoms with E-state index < -0.39 is 11.9 Å². The van der Waals surface area contributed by atoms with Crippen LogP contribution in [0.5, 0.6) is 0 Å². The number of carbonyl (C=O) groups is 2. The number of aromatic carboxylic acids is 1. The van der Waals surface area contributed by atoms with Crippen molar-refractivity contribution >= 4 is 28.3 Å². The number of fused-ring (bicyclic) bond motifs is 2. The van der Waals surface area contributed by atoms with Gasteiger partial charge in [0.15, 0.2) is 5.65 Å². The van der Waals surface area contributed by atoms with Gasteiger partial charge in [0.1, 0.15) is 23.2 Å². The zero-order valence-corrected chi connectivity index (χ0v) is 21.5. The molecule has 0 radical (unpaired) electrons. The lowest BCUT2D eigenvalue weighted by atomic mass is 10.0. The highest BCUT2D eigenvalue weighted by Crippen LogP contribution is 2.25. The molecule has 0 aliphatic heterocycles. The molecule has 202 valence electrons. The molecule has 6 aromatic rings. The number of carboxylic acid groups (broad SMARTS) is 1. The second-order valence-corrected chi connectivity index (χ2v) is 9.63. The summed E-state index contributed by atoms with van der Waals surface area (Å²) >= 11 is 0. The number of amides is 1. The number of carboxylic acids is 1. The summed E-state index contributed by atoms with van der Waals surface area (Å²) < 4.78 is 29.1. The molecule has 0 aliphatic carbocycles. The highest BCUT2D eigenvalue weighted by molar-refractivity contribution is 5.95. The number of benzene rings is 4. The van der Waals surface area contributed by atoms with Gasteiger partial charge in [-0.1, -0.05) is 48.5 Å².